The van der Waals surface area contributed by atoms with Gasteiger partial charge in [-0.3, -0.25) is 9.19 Å². The molecule has 2 aromatic carbocycles. The average molecular weight is 362 g/mol. The summed E-state index contributed by atoms with van der Waals surface area (Å²) in [5, 5.41) is 8.15. The maximum Gasteiger partial charge on any atom is 0.268 e. The Hall–Kier alpha value is -3.19. The zero-order chi connectivity index (χ0) is 17.9. The molecule has 0 aliphatic heterocycles. The minimum absolute atomic E-state index is 0.310. The van der Waals surface area contributed by atoms with Crippen molar-refractivity contribution in [3.63, 3.8) is 0 Å². The highest BCUT2D eigenvalue weighted by Crippen LogP contribution is 2.24. The van der Waals surface area contributed by atoms with E-state index in [9.17, 15) is 4.21 Å². The van der Waals surface area contributed by atoms with E-state index in [2.05, 4.69) is 20.2 Å². The Bertz CT molecular complexity index is 1060. The van der Waals surface area contributed by atoms with Gasteiger partial charge in [-0.2, -0.15) is 0 Å². The van der Waals surface area contributed by atoms with Gasteiger partial charge in [-0.25, -0.2) is 4.98 Å². The number of benzene rings is 2. The SMILES string of the molecule is CS(=O)c1ccc(-c2cncc(-c3nnc(-c4ccccc4)o3)n2)cc1. The highest BCUT2D eigenvalue weighted by atomic mass is 32.2. The van der Waals surface area contributed by atoms with Gasteiger partial charge in [0, 0.05) is 33.1 Å². The van der Waals surface area contributed by atoms with E-state index in [0.29, 0.717) is 23.2 Å². The van der Waals surface area contributed by atoms with Gasteiger partial charge >= 0.3 is 0 Å². The number of aromatic nitrogens is 4. The van der Waals surface area contributed by atoms with E-state index in [1.54, 1.807) is 18.6 Å². The molecule has 0 aliphatic rings. The van der Waals surface area contributed by atoms with Gasteiger partial charge in [-0.1, -0.05) is 30.3 Å². The molecule has 0 aliphatic carbocycles. The van der Waals surface area contributed by atoms with Crippen LogP contribution in [0.2, 0.25) is 0 Å². The number of hydrogen-bond acceptors (Lipinski definition) is 6. The third-order valence-electron chi connectivity index (χ3n) is 3.78. The smallest absolute Gasteiger partial charge is 0.268 e. The molecule has 1 unspecified atom stereocenters. The summed E-state index contributed by atoms with van der Waals surface area (Å²) in [6, 6.07) is 16.9. The second-order valence-corrected chi connectivity index (χ2v) is 6.93. The van der Waals surface area contributed by atoms with Crippen LogP contribution in [0.5, 0.6) is 0 Å². The molecule has 0 bridgehead atoms. The summed E-state index contributed by atoms with van der Waals surface area (Å²) in [7, 11) is -1.01. The van der Waals surface area contributed by atoms with Gasteiger partial charge in [0.2, 0.25) is 5.89 Å². The van der Waals surface area contributed by atoms with Crippen LogP contribution in [0.4, 0.5) is 0 Å². The van der Waals surface area contributed by atoms with E-state index in [1.165, 1.54) is 0 Å². The predicted octanol–water partition coefficient (Wildman–Crippen LogP) is 3.60. The molecule has 26 heavy (non-hydrogen) atoms. The molecule has 0 N–H and O–H groups in total. The Morgan fingerprint density at radius 1 is 0.808 bits per heavy atom. The van der Waals surface area contributed by atoms with Gasteiger partial charge in [0.05, 0.1) is 18.1 Å². The van der Waals surface area contributed by atoms with Crippen molar-refractivity contribution >= 4 is 10.8 Å². The molecule has 0 amide bonds. The van der Waals surface area contributed by atoms with Crippen molar-refractivity contribution in [3.05, 3.63) is 67.0 Å². The largest absolute Gasteiger partial charge is 0.415 e. The van der Waals surface area contributed by atoms with Gasteiger partial charge in [-0.15, -0.1) is 10.2 Å². The molecular weight excluding hydrogens is 348 g/mol. The van der Waals surface area contributed by atoms with Crippen LogP contribution in [-0.4, -0.2) is 30.6 Å². The Labute approximate surface area is 152 Å². The van der Waals surface area contributed by atoms with Crippen LogP contribution in [0, 0.1) is 0 Å². The third-order valence-corrected chi connectivity index (χ3v) is 4.72. The Balaban J connectivity index is 1.66. The summed E-state index contributed by atoms with van der Waals surface area (Å²) in [6.07, 6.45) is 4.90. The topological polar surface area (TPSA) is 81.8 Å². The zero-order valence-corrected chi connectivity index (χ0v) is 14.7. The van der Waals surface area contributed by atoms with Crippen molar-refractivity contribution in [2.24, 2.45) is 0 Å². The summed E-state index contributed by atoms with van der Waals surface area (Å²) in [5.74, 6) is 0.743. The van der Waals surface area contributed by atoms with Crippen molar-refractivity contribution in [1.82, 2.24) is 20.2 Å². The Morgan fingerprint density at radius 2 is 1.50 bits per heavy atom. The molecule has 4 rings (SSSR count). The normalized spacial score (nSPS) is 12.0. The van der Waals surface area contributed by atoms with Gasteiger partial charge in [0.1, 0.15) is 5.69 Å². The van der Waals surface area contributed by atoms with Crippen molar-refractivity contribution in [1.29, 1.82) is 0 Å². The van der Waals surface area contributed by atoms with E-state index in [4.69, 9.17) is 4.42 Å². The fraction of sp³-hybridized carbons (Fsp3) is 0.0526. The van der Waals surface area contributed by atoms with Gasteiger partial charge in [0.25, 0.3) is 5.89 Å². The minimum Gasteiger partial charge on any atom is -0.415 e. The Kier molecular flexibility index (Phi) is 4.37. The number of hydrogen-bond donors (Lipinski definition) is 0. The highest BCUT2D eigenvalue weighted by molar-refractivity contribution is 7.84. The lowest BCUT2D eigenvalue weighted by molar-refractivity contribution is 0.582. The van der Waals surface area contributed by atoms with Gasteiger partial charge in [0.15, 0.2) is 0 Å². The maximum atomic E-state index is 11.5. The first-order valence-electron chi connectivity index (χ1n) is 7.86. The molecule has 1 atom stereocenters. The molecule has 6 nitrogen and oxygen atoms in total. The zero-order valence-electron chi connectivity index (χ0n) is 13.9. The minimum atomic E-state index is -1.01. The van der Waals surface area contributed by atoms with Crippen LogP contribution in [-0.2, 0) is 10.8 Å². The lowest BCUT2D eigenvalue weighted by Gasteiger charge is -2.03. The van der Waals surface area contributed by atoms with Crippen molar-refractivity contribution in [3.8, 4) is 34.3 Å². The third kappa shape index (κ3) is 3.29. The van der Waals surface area contributed by atoms with Crippen LogP contribution in [0.1, 0.15) is 0 Å². The maximum absolute atomic E-state index is 11.5. The molecule has 2 aromatic heterocycles. The van der Waals surface area contributed by atoms with E-state index in [-0.39, 0.29) is 0 Å². The number of nitrogens with zero attached hydrogens (tertiary/aromatic N) is 4. The van der Waals surface area contributed by atoms with Crippen LogP contribution in [0.25, 0.3) is 34.3 Å². The van der Waals surface area contributed by atoms with Crippen LogP contribution < -0.4 is 0 Å². The van der Waals surface area contributed by atoms with Crippen LogP contribution in [0.15, 0.2) is 76.3 Å². The Morgan fingerprint density at radius 3 is 2.23 bits per heavy atom. The highest BCUT2D eigenvalue weighted by Gasteiger charge is 2.13. The lowest BCUT2D eigenvalue weighted by Crippen LogP contribution is -1.92. The number of rotatable bonds is 4. The lowest BCUT2D eigenvalue weighted by atomic mass is 10.1. The van der Waals surface area contributed by atoms with Crippen LogP contribution >= 0.6 is 0 Å². The van der Waals surface area contributed by atoms with Crippen molar-refractivity contribution < 1.29 is 8.63 Å². The molecule has 128 valence electrons. The molecule has 2 heterocycles. The first kappa shape index (κ1) is 16.3. The summed E-state index contributed by atoms with van der Waals surface area (Å²) in [6.45, 7) is 0. The molecule has 0 spiro atoms. The molecule has 4 aromatic rings. The van der Waals surface area contributed by atoms with E-state index in [1.807, 2.05) is 54.6 Å². The standard InChI is InChI=1S/C19H14N4O2S/c1-26(24)15-9-7-13(8-10-15)16-11-20-12-17(21-16)19-23-22-18(25-19)14-5-3-2-4-6-14/h2-12H,1H3. The van der Waals surface area contributed by atoms with Crippen molar-refractivity contribution in [2.75, 3.05) is 6.26 Å². The van der Waals surface area contributed by atoms with Crippen LogP contribution in [0.3, 0.4) is 0 Å². The molecular formula is C19H14N4O2S. The van der Waals surface area contributed by atoms with Gasteiger partial charge < -0.3 is 4.42 Å². The summed E-state index contributed by atoms with van der Waals surface area (Å²) < 4.78 is 17.2. The molecule has 0 radical (unpaired) electrons. The van der Waals surface area contributed by atoms with Gasteiger partial charge in [-0.05, 0) is 24.3 Å². The van der Waals surface area contributed by atoms with Crippen molar-refractivity contribution in [2.45, 2.75) is 4.90 Å². The monoisotopic (exact) mass is 362 g/mol. The molecule has 7 heteroatoms. The fourth-order valence-electron chi connectivity index (χ4n) is 2.45. The van der Waals surface area contributed by atoms with E-state index >= 15 is 0 Å². The first-order valence-corrected chi connectivity index (χ1v) is 9.42. The quantitative estimate of drug-likeness (QED) is 0.552. The first-order chi connectivity index (χ1) is 12.7. The van der Waals surface area contributed by atoms with E-state index < -0.39 is 10.8 Å². The second-order valence-electron chi connectivity index (χ2n) is 5.55. The summed E-state index contributed by atoms with van der Waals surface area (Å²) >= 11 is 0. The summed E-state index contributed by atoms with van der Waals surface area (Å²) in [4.78, 5) is 9.55. The molecule has 0 saturated carbocycles. The fourth-order valence-corrected chi connectivity index (χ4v) is 2.97. The van der Waals surface area contributed by atoms with E-state index in [0.717, 1.165) is 16.0 Å². The molecule has 0 saturated heterocycles. The average Bonchev–Trinajstić information content (AvgIpc) is 3.19. The molecule has 0 fully saturated rings. The second kappa shape index (κ2) is 6.97. The predicted molar refractivity (Wildman–Crippen MR) is 98.5 cm³/mol. The summed E-state index contributed by atoms with van der Waals surface area (Å²) in [5.41, 5.74) is 2.89.